The Morgan fingerprint density at radius 3 is 2.33 bits per heavy atom. The number of nitrogens with zero attached hydrogens (tertiary/aromatic N) is 1. The molecule has 0 saturated carbocycles. The van der Waals surface area contributed by atoms with E-state index in [1.165, 1.54) is 11.1 Å². The largest absolute Gasteiger partial charge is 0.399 e. The van der Waals surface area contributed by atoms with E-state index in [2.05, 4.69) is 47.4 Å². The van der Waals surface area contributed by atoms with Crippen molar-refractivity contribution in [1.82, 2.24) is 4.90 Å². The fourth-order valence-electron chi connectivity index (χ4n) is 3.29. The van der Waals surface area contributed by atoms with Gasteiger partial charge in [-0.3, -0.25) is 4.90 Å². The van der Waals surface area contributed by atoms with Crippen LogP contribution in [0.5, 0.6) is 0 Å². The molecule has 4 N–H and O–H groups in total. The molecule has 2 aromatic rings. The zero-order valence-corrected chi connectivity index (χ0v) is 12.3. The topological polar surface area (TPSA) is 55.3 Å². The van der Waals surface area contributed by atoms with Crippen molar-refractivity contribution in [2.45, 2.75) is 12.5 Å². The van der Waals surface area contributed by atoms with Gasteiger partial charge in [0.05, 0.1) is 0 Å². The summed E-state index contributed by atoms with van der Waals surface area (Å²) in [6, 6.07) is 18.9. The molecule has 2 aromatic carbocycles. The molecule has 0 amide bonds. The summed E-state index contributed by atoms with van der Waals surface area (Å²) in [6.45, 7) is 3.88. The van der Waals surface area contributed by atoms with E-state index in [1.54, 1.807) is 0 Å². The molecule has 110 valence electrons. The van der Waals surface area contributed by atoms with Gasteiger partial charge in [-0.25, -0.2) is 0 Å². The van der Waals surface area contributed by atoms with Crippen LogP contribution in [0.25, 0.3) is 0 Å². The Labute approximate surface area is 126 Å². The van der Waals surface area contributed by atoms with E-state index in [9.17, 15) is 0 Å². The van der Waals surface area contributed by atoms with Crippen LogP contribution in [0.15, 0.2) is 54.6 Å². The van der Waals surface area contributed by atoms with Gasteiger partial charge in [0.25, 0.3) is 0 Å². The molecule has 3 rings (SSSR count). The summed E-state index contributed by atoms with van der Waals surface area (Å²) >= 11 is 0. The summed E-state index contributed by atoms with van der Waals surface area (Å²) in [5, 5.41) is 0. The Bertz CT molecular complexity index is 565. The second-order valence-corrected chi connectivity index (χ2v) is 5.95. The van der Waals surface area contributed by atoms with Gasteiger partial charge in [-0.15, -0.1) is 0 Å². The average Bonchev–Trinajstić information content (AvgIpc) is 2.92. The second-order valence-electron chi connectivity index (χ2n) is 5.95. The zero-order valence-electron chi connectivity index (χ0n) is 12.3. The van der Waals surface area contributed by atoms with Crippen molar-refractivity contribution in [3.05, 3.63) is 65.7 Å². The van der Waals surface area contributed by atoms with Crippen LogP contribution in [-0.4, -0.2) is 24.5 Å². The van der Waals surface area contributed by atoms with Crippen molar-refractivity contribution < 1.29 is 0 Å². The molecule has 1 fully saturated rings. The van der Waals surface area contributed by atoms with Crippen molar-refractivity contribution in [3.63, 3.8) is 0 Å². The van der Waals surface area contributed by atoms with Gasteiger partial charge in [0.2, 0.25) is 0 Å². The predicted octanol–water partition coefficient (Wildman–Crippen LogP) is 2.44. The van der Waals surface area contributed by atoms with Gasteiger partial charge in [-0.05, 0) is 35.7 Å². The first-order chi connectivity index (χ1) is 10.3. The second kappa shape index (κ2) is 6.29. The maximum Gasteiger partial charge on any atom is 0.0314 e. The smallest absolute Gasteiger partial charge is 0.0314 e. The Hall–Kier alpha value is -1.84. The van der Waals surface area contributed by atoms with Gasteiger partial charge in [-0.1, -0.05) is 42.5 Å². The highest BCUT2D eigenvalue weighted by Crippen LogP contribution is 2.33. The number of anilines is 1. The highest BCUT2D eigenvalue weighted by molar-refractivity contribution is 5.40. The number of rotatable bonds is 4. The van der Waals surface area contributed by atoms with Crippen LogP contribution in [0.3, 0.4) is 0 Å². The van der Waals surface area contributed by atoms with Gasteiger partial charge in [-0.2, -0.15) is 0 Å². The lowest BCUT2D eigenvalue weighted by atomic mass is 9.89. The maximum atomic E-state index is 6.00. The van der Waals surface area contributed by atoms with Gasteiger partial charge in [0, 0.05) is 31.2 Å². The van der Waals surface area contributed by atoms with E-state index < -0.39 is 0 Å². The fourth-order valence-corrected chi connectivity index (χ4v) is 3.29. The Balaban J connectivity index is 1.72. The molecule has 1 heterocycles. The summed E-state index contributed by atoms with van der Waals surface area (Å²) in [5.74, 6) is 1.04. The van der Waals surface area contributed by atoms with Crippen LogP contribution < -0.4 is 11.5 Å². The first-order valence-electron chi connectivity index (χ1n) is 7.58. The lowest BCUT2D eigenvalue weighted by molar-refractivity contribution is 0.317. The molecule has 0 radical (unpaired) electrons. The fraction of sp³-hybridized carbons (Fsp3) is 0.333. The SMILES string of the molecule is NC[C@H]1CN(Cc2ccccc2)C[C@@H]1c1ccc(N)cc1. The first kappa shape index (κ1) is 14.1. The molecular weight excluding hydrogens is 258 g/mol. The minimum absolute atomic E-state index is 0.513. The molecule has 0 unspecified atom stereocenters. The number of hydrogen-bond acceptors (Lipinski definition) is 3. The van der Waals surface area contributed by atoms with Gasteiger partial charge < -0.3 is 11.5 Å². The molecule has 0 spiro atoms. The van der Waals surface area contributed by atoms with E-state index in [4.69, 9.17) is 11.5 Å². The number of benzene rings is 2. The lowest BCUT2D eigenvalue weighted by Gasteiger charge is -2.17. The normalized spacial score (nSPS) is 22.5. The van der Waals surface area contributed by atoms with E-state index in [0.29, 0.717) is 11.8 Å². The molecule has 0 bridgehead atoms. The molecule has 1 aliphatic heterocycles. The van der Waals surface area contributed by atoms with Crippen molar-refractivity contribution in [1.29, 1.82) is 0 Å². The van der Waals surface area contributed by atoms with Gasteiger partial charge in [0.1, 0.15) is 0 Å². The Morgan fingerprint density at radius 1 is 0.952 bits per heavy atom. The highest BCUT2D eigenvalue weighted by Gasteiger charge is 2.32. The highest BCUT2D eigenvalue weighted by atomic mass is 15.2. The molecule has 1 saturated heterocycles. The van der Waals surface area contributed by atoms with E-state index in [0.717, 1.165) is 31.9 Å². The van der Waals surface area contributed by atoms with Gasteiger partial charge >= 0.3 is 0 Å². The van der Waals surface area contributed by atoms with Gasteiger partial charge in [0.15, 0.2) is 0 Å². The Kier molecular flexibility index (Phi) is 4.23. The van der Waals surface area contributed by atoms with Crippen molar-refractivity contribution in [2.24, 2.45) is 11.7 Å². The third-order valence-electron chi connectivity index (χ3n) is 4.43. The van der Waals surface area contributed by atoms with Crippen LogP contribution in [0.2, 0.25) is 0 Å². The summed E-state index contributed by atoms with van der Waals surface area (Å²) in [6.07, 6.45) is 0. The summed E-state index contributed by atoms with van der Waals surface area (Å²) in [4.78, 5) is 2.51. The Morgan fingerprint density at radius 2 is 1.67 bits per heavy atom. The molecule has 1 aliphatic rings. The third-order valence-corrected chi connectivity index (χ3v) is 4.43. The molecule has 3 nitrogen and oxygen atoms in total. The molecule has 2 atom stereocenters. The average molecular weight is 281 g/mol. The number of hydrogen-bond donors (Lipinski definition) is 2. The predicted molar refractivity (Wildman–Crippen MR) is 87.9 cm³/mol. The molecular formula is C18H23N3. The summed E-state index contributed by atoms with van der Waals surface area (Å²) < 4.78 is 0. The first-order valence-corrected chi connectivity index (χ1v) is 7.58. The van der Waals surface area contributed by atoms with Crippen LogP contribution >= 0.6 is 0 Å². The van der Waals surface area contributed by atoms with Crippen LogP contribution in [0, 0.1) is 5.92 Å². The maximum absolute atomic E-state index is 6.00. The van der Waals surface area contributed by atoms with Crippen LogP contribution in [0.4, 0.5) is 5.69 Å². The molecule has 0 aromatic heterocycles. The number of nitrogens with two attached hydrogens (primary N) is 2. The number of nitrogen functional groups attached to an aromatic ring is 1. The van der Waals surface area contributed by atoms with Crippen LogP contribution in [0.1, 0.15) is 17.0 Å². The van der Waals surface area contributed by atoms with E-state index in [-0.39, 0.29) is 0 Å². The quantitative estimate of drug-likeness (QED) is 0.846. The molecule has 21 heavy (non-hydrogen) atoms. The monoisotopic (exact) mass is 281 g/mol. The van der Waals surface area contributed by atoms with Crippen molar-refractivity contribution in [2.75, 3.05) is 25.4 Å². The minimum Gasteiger partial charge on any atom is -0.399 e. The zero-order chi connectivity index (χ0) is 14.7. The van der Waals surface area contributed by atoms with E-state index in [1.807, 2.05) is 12.1 Å². The number of likely N-dealkylation sites (tertiary alicyclic amines) is 1. The minimum atomic E-state index is 0.513. The summed E-state index contributed by atoms with van der Waals surface area (Å²) in [5.41, 5.74) is 15.3. The third kappa shape index (κ3) is 3.26. The van der Waals surface area contributed by atoms with E-state index >= 15 is 0 Å². The molecule has 3 heteroatoms. The van der Waals surface area contributed by atoms with Crippen molar-refractivity contribution >= 4 is 5.69 Å². The lowest BCUT2D eigenvalue weighted by Crippen LogP contribution is -2.23. The van der Waals surface area contributed by atoms with Crippen LogP contribution in [-0.2, 0) is 6.54 Å². The standard InChI is InChI=1S/C18H23N3/c19-10-16-12-21(11-14-4-2-1-3-5-14)13-18(16)15-6-8-17(20)9-7-15/h1-9,16,18H,10-13,19-20H2/t16-,18+/m0/s1. The van der Waals surface area contributed by atoms with Crippen molar-refractivity contribution in [3.8, 4) is 0 Å². The summed E-state index contributed by atoms with van der Waals surface area (Å²) in [7, 11) is 0. The molecule has 0 aliphatic carbocycles.